The van der Waals surface area contributed by atoms with Crippen molar-refractivity contribution in [2.45, 2.75) is 91.9 Å². The quantitative estimate of drug-likeness (QED) is 0.456. The van der Waals surface area contributed by atoms with Crippen LogP contribution in [-0.4, -0.2) is 24.9 Å². The van der Waals surface area contributed by atoms with E-state index >= 15 is 0 Å². The summed E-state index contributed by atoms with van der Waals surface area (Å²) in [6.07, 6.45) is 6.60. The van der Waals surface area contributed by atoms with Gasteiger partial charge in [0.15, 0.2) is 0 Å². The predicted molar refractivity (Wildman–Crippen MR) is 119 cm³/mol. The van der Waals surface area contributed by atoms with Crippen LogP contribution in [0.15, 0.2) is 24.3 Å². The summed E-state index contributed by atoms with van der Waals surface area (Å²) in [6.45, 7) is 16.3. The lowest BCUT2D eigenvalue weighted by molar-refractivity contribution is -0.0839. The molecule has 28 heavy (non-hydrogen) atoms. The summed E-state index contributed by atoms with van der Waals surface area (Å²) in [4.78, 5) is 0. The Morgan fingerprint density at radius 2 is 1.79 bits per heavy atom. The molecule has 1 heterocycles. The van der Waals surface area contributed by atoms with Gasteiger partial charge < -0.3 is 14.8 Å². The number of rotatable bonds is 11. The number of nitrogens with one attached hydrogen (secondary N) is 1. The van der Waals surface area contributed by atoms with E-state index < -0.39 is 0 Å². The van der Waals surface area contributed by atoms with E-state index in [2.05, 4.69) is 71.1 Å². The van der Waals surface area contributed by atoms with Gasteiger partial charge in [-0.1, -0.05) is 32.4 Å². The maximum absolute atomic E-state index is 5.96. The van der Waals surface area contributed by atoms with Crippen LogP contribution in [0.2, 0.25) is 0 Å². The van der Waals surface area contributed by atoms with Gasteiger partial charge in [0.1, 0.15) is 5.75 Å². The fourth-order valence-corrected chi connectivity index (χ4v) is 4.32. The van der Waals surface area contributed by atoms with Gasteiger partial charge in [-0.05, 0) is 95.4 Å². The van der Waals surface area contributed by atoms with Crippen LogP contribution in [0.5, 0.6) is 5.75 Å². The van der Waals surface area contributed by atoms with Crippen molar-refractivity contribution in [2.24, 2.45) is 17.8 Å². The van der Waals surface area contributed by atoms with Crippen LogP contribution in [0.3, 0.4) is 0 Å². The summed E-state index contributed by atoms with van der Waals surface area (Å²) in [5.74, 6) is 3.35. The van der Waals surface area contributed by atoms with Crippen molar-refractivity contribution in [3.05, 3.63) is 29.8 Å². The molecule has 2 atom stereocenters. The van der Waals surface area contributed by atoms with E-state index in [4.69, 9.17) is 9.47 Å². The zero-order chi connectivity index (χ0) is 20.6. The topological polar surface area (TPSA) is 30.5 Å². The summed E-state index contributed by atoms with van der Waals surface area (Å²) >= 11 is 0. The molecule has 160 valence electrons. The lowest BCUT2D eigenvalue weighted by Gasteiger charge is -2.39. The van der Waals surface area contributed by atoms with Crippen molar-refractivity contribution in [1.82, 2.24) is 5.32 Å². The van der Waals surface area contributed by atoms with Crippen molar-refractivity contribution in [2.75, 3.05) is 13.2 Å². The zero-order valence-corrected chi connectivity index (χ0v) is 19.1. The van der Waals surface area contributed by atoms with E-state index in [9.17, 15) is 0 Å². The van der Waals surface area contributed by atoms with Crippen LogP contribution >= 0.6 is 0 Å². The van der Waals surface area contributed by atoms with Crippen molar-refractivity contribution >= 4 is 0 Å². The highest BCUT2D eigenvalue weighted by Gasteiger charge is 2.33. The first kappa shape index (κ1) is 23.2. The number of benzene rings is 1. The molecular weight excluding hydrogens is 346 g/mol. The molecular formula is C25H43NO2. The minimum absolute atomic E-state index is 0.0478. The monoisotopic (exact) mass is 389 g/mol. The molecule has 0 bridgehead atoms. The SMILES string of the molecule is CC(C)CC[C@@H](CCNCc1ccc(OC(C)C)cc1)[C@H]1CCOC(C)(C)C1. The predicted octanol–water partition coefficient (Wildman–Crippen LogP) is 6.21. The summed E-state index contributed by atoms with van der Waals surface area (Å²) in [6, 6.07) is 8.49. The van der Waals surface area contributed by atoms with E-state index in [0.29, 0.717) is 0 Å². The van der Waals surface area contributed by atoms with Gasteiger partial charge in [0, 0.05) is 13.2 Å². The van der Waals surface area contributed by atoms with Crippen molar-refractivity contribution in [3.63, 3.8) is 0 Å². The molecule has 1 N–H and O–H groups in total. The molecule has 3 heteroatoms. The van der Waals surface area contributed by atoms with E-state index in [0.717, 1.165) is 43.2 Å². The number of hydrogen-bond donors (Lipinski definition) is 1. The molecule has 2 rings (SSSR count). The number of ether oxygens (including phenoxy) is 2. The van der Waals surface area contributed by atoms with Gasteiger partial charge in [0.05, 0.1) is 11.7 Å². The minimum Gasteiger partial charge on any atom is -0.491 e. The smallest absolute Gasteiger partial charge is 0.119 e. The fraction of sp³-hybridized carbons (Fsp3) is 0.760. The van der Waals surface area contributed by atoms with E-state index in [1.165, 1.54) is 37.7 Å². The summed E-state index contributed by atoms with van der Waals surface area (Å²) in [5, 5.41) is 3.67. The highest BCUT2D eigenvalue weighted by molar-refractivity contribution is 5.27. The molecule has 0 aliphatic carbocycles. The molecule has 0 unspecified atom stereocenters. The van der Waals surface area contributed by atoms with Crippen molar-refractivity contribution < 1.29 is 9.47 Å². The third kappa shape index (κ3) is 8.53. The maximum Gasteiger partial charge on any atom is 0.119 e. The third-order valence-corrected chi connectivity index (χ3v) is 5.83. The highest BCUT2D eigenvalue weighted by atomic mass is 16.5. The third-order valence-electron chi connectivity index (χ3n) is 5.83. The van der Waals surface area contributed by atoms with Gasteiger partial charge in [-0.25, -0.2) is 0 Å². The molecule has 0 radical (unpaired) electrons. The second-order valence-electron chi connectivity index (χ2n) is 9.87. The van der Waals surface area contributed by atoms with Crippen LogP contribution in [0.4, 0.5) is 0 Å². The molecule has 1 aromatic rings. The molecule has 1 fully saturated rings. The largest absolute Gasteiger partial charge is 0.491 e. The highest BCUT2D eigenvalue weighted by Crippen LogP contribution is 2.37. The molecule has 0 spiro atoms. The fourth-order valence-electron chi connectivity index (χ4n) is 4.32. The van der Waals surface area contributed by atoms with Crippen LogP contribution in [-0.2, 0) is 11.3 Å². The summed E-state index contributed by atoms with van der Waals surface area (Å²) < 4.78 is 11.7. The standard InChI is InChI=1S/C25H43NO2/c1-19(2)7-10-22(23-14-16-27-25(5,6)17-23)13-15-26-18-21-8-11-24(12-9-21)28-20(3)4/h8-9,11-12,19-20,22-23,26H,7,10,13-18H2,1-6H3/t22-,23-/m0/s1. The summed E-state index contributed by atoms with van der Waals surface area (Å²) in [7, 11) is 0. The molecule has 1 aliphatic heterocycles. The van der Waals surface area contributed by atoms with Crippen molar-refractivity contribution in [3.8, 4) is 5.75 Å². The minimum atomic E-state index is 0.0478. The van der Waals surface area contributed by atoms with Crippen LogP contribution in [0, 0.1) is 17.8 Å². The molecule has 0 aromatic heterocycles. The van der Waals surface area contributed by atoms with E-state index in [-0.39, 0.29) is 11.7 Å². The molecule has 1 aliphatic rings. The van der Waals surface area contributed by atoms with Gasteiger partial charge in [-0.15, -0.1) is 0 Å². The Morgan fingerprint density at radius 1 is 1.07 bits per heavy atom. The normalized spacial score (nSPS) is 20.5. The van der Waals surface area contributed by atoms with Crippen LogP contribution in [0.25, 0.3) is 0 Å². The van der Waals surface area contributed by atoms with Crippen LogP contribution < -0.4 is 10.1 Å². The first-order valence-corrected chi connectivity index (χ1v) is 11.4. The first-order chi connectivity index (χ1) is 13.2. The lowest BCUT2D eigenvalue weighted by atomic mass is 9.75. The molecule has 1 saturated heterocycles. The Morgan fingerprint density at radius 3 is 2.39 bits per heavy atom. The Bertz CT molecular complexity index is 550. The second kappa shape index (κ2) is 11.2. The van der Waals surface area contributed by atoms with Crippen LogP contribution in [0.1, 0.15) is 79.2 Å². The van der Waals surface area contributed by atoms with E-state index in [1.54, 1.807) is 0 Å². The van der Waals surface area contributed by atoms with Gasteiger partial charge >= 0.3 is 0 Å². The first-order valence-electron chi connectivity index (χ1n) is 11.4. The maximum atomic E-state index is 5.96. The molecule has 0 amide bonds. The Kier molecular flexibility index (Phi) is 9.30. The second-order valence-corrected chi connectivity index (χ2v) is 9.87. The lowest BCUT2D eigenvalue weighted by Crippen LogP contribution is -2.37. The van der Waals surface area contributed by atoms with Gasteiger partial charge in [0.2, 0.25) is 0 Å². The summed E-state index contributed by atoms with van der Waals surface area (Å²) in [5.41, 5.74) is 1.37. The Hall–Kier alpha value is -1.06. The van der Waals surface area contributed by atoms with Crippen molar-refractivity contribution in [1.29, 1.82) is 0 Å². The van der Waals surface area contributed by atoms with E-state index in [1.807, 2.05) is 0 Å². The van der Waals surface area contributed by atoms with Gasteiger partial charge in [-0.3, -0.25) is 0 Å². The number of hydrogen-bond acceptors (Lipinski definition) is 3. The molecule has 0 saturated carbocycles. The zero-order valence-electron chi connectivity index (χ0n) is 19.1. The Labute approximate surface area is 173 Å². The average Bonchev–Trinajstić information content (AvgIpc) is 2.61. The van der Waals surface area contributed by atoms with Gasteiger partial charge in [-0.2, -0.15) is 0 Å². The van der Waals surface area contributed by atoms with Gasteiger partial charge in [0.25, 0.3) is 0 Å². The Balaban J connectivity index is 1.80. The molecule has 3 nitrogen and oxygen atoms in total. The molecule has 1 aromatic carbocycles. The average molecular weight is 390 g/mol.